The smallest absolute Gasteiger partial charge is 0.243 e. The summed E-state index contributed by atoms with van der Waals surface area (Å²) in [7, 11) is 0. The molecule has 150 valence electrons. The second-order valence-corrected chi connectivity index (χ2v) is 7.42. The average molecular weight is 393 g/mol. The van der Waals surface area contributed by atoms with Gasteiger partial charge in [0.25, 0.3) is 0 Å². The van der Waals surface area contributed by atoms with Crippen molar-refractivity contribution >= 4 is 22.6 Å². The Morgan fingerprint density at radius 2 is 2.03 bits per heavy atom. The van der Waals surface area contributed by atoms with Crippen molar-refractivity contribution in [2.45, 2.75) is 38.5 Å². The van der Waals surface area contributed by atoms with Crippen LogP contribution in [0.4, 0.5) is 0 Å². The van der Waals surface area contributed by atoms with Gasteiger partial charge in [-0.1, -0.05) is 47.6 Å². The standard InChI is InChI=1S/C22H23N3O4/c1-14-9-18(29-24-14)11-21(27)25-13-17(26)10-20(25)22(28)23-12-16-7-4-6-15-5-2-3-8-19(15)16/h2-9,17,20,26H,10-13H2,1H3,(H,23,28)/t17-,20+/m1/s1. The van der Waals surface area contributed by atoms with Crippen LogP contribution in [0.5, 0.6) is 0 Å². The summed E-state index contributed by atoms with van der Waals surface area (Å²) in [6.07, 6.45) is -0.479. The Labute approximate surface area is 168 Å². The lowest BCUT2D eigenvalue weighted by atomic mass is 10.0. The van der Waals surface area contributed by atoms with Gasteiger partial charge in [0.1, 0.15) is 11.8 Å². The molecule has 2 atom stereocenters. The molecule has 3 aromatic rings. The second kappa shape index (κ2) is 8.05. The first-order valence-electron chi connectivity index (χ1n) is 9.65. The molecule has 2 heterocycles. The Morgan fingerprint density at radius 1 is 1.24 bits per heavy atom. The number of aliphatic hydroxyl groups excluding tert-OH is 1. The van der Waals surface area contributed by atoms with Crippen molar-refractivity contribution < 1.29 is 19.2 Å². The Kier molecular flexibility index (Phi) is 5.31. The molecule has 29 heavy (non-hydrogen) atoms. The maximum atomic E-state index is 12.8. The zero-order valence-corrected chi connectivity index (χ0v) is 16.2. The molecular formula is C22H23N3O4. The largest absolute Gasteiger partial charge is 0.391 e. The summed E-state index contributed by atoms with van der Waals surface area (Å²) in [5, 5.41) is 18.9. The quantitative estimate of drug-likeness (QED) is 0.691. The van der Waals surface area contributed by atoms with E-state index in [0.29, 0.717) is 18.0 Å². The number of amides is 2. The normalized spacial score (nSPS) is 18.9. The summed E-state index contributed by atoms with van der Waals surface area (Å²) < 4.78 is 5.10. The number of nitrogens with zero attached hydrogens (tertiary/aromatic N) is 2. The number of aryl methyl sites for hydroxylation is 1. The molecule has 7 heteroatoms. The molecule has 0 unspecified atom stereocenters. The van der Waals surface area contributed by atoms with Crippen LogP contribution in [-0.4, -0.2) is 45.7 Å². The molecule has 1 aliphatic rings. The molecule has 0 spiro atoms. The van der Waals surface area contributed by atoms with Gasteiger partial charge in [-0.25, -0.2) is 0 Å². The van der Waals surface area contributed by atoms with Gasteiger partial charge in [0.2, 0.25) is 11.8 Å². The van der Waals surface area contributed by atoms with Gasteiger partial charge in [0.15, 0.2) is 0 Å². The molecule has 2 aromatic carbocycles. The van der Waals surface area contributed by atoms with Crippen molar-refractivity contribution in [3.05, 3.63) is 65.5 Å². The van der Waals surface area contributed by atoms with Crippen molar-refractivity contribution in [1.82, 2.24) is 15.4 Å². The fraction of sp³-hybridized carbons (Fsp3) is 0.318. The van der Waals surface area contributed by atoms with Crippen LogP contribution in [0.1, 0.15) is 23.4 Å². The molecule has 1 aliphatic heterocycles. The molecule has 2 N–H and O–H groups in total. The van der Waals surface area contributed by atoms with Crippen LogP contribution in [0.15, 0.2) is 53.1 Å². The molecule has 4 rings (SSSR count). The highest BCUT2D eigenvalue weighted by Gasteiger charge is 2.38. The topological polar surface area (TPSA) is 95.7 Å². The zero-order chi connectivity index (χ0) is 20.4. The third-order valence-electron chi connectivity index (χ3n) is 5.24. The van der Waals surface area contributed by atoms with Crippen LogP contribution in [-0.2, 0) is 22.6 Å². The fourth-order valence-electron chi connectivity index (χ4n) is 3.83. The molecule has 0 bridgehead atoms. The number of nitrogens with one attached hydrogen (secondary N) is 1. The molecule has 2 amide bonds. The van der Waals surface area contributed by atoms with E-state index in [1.165, 1.54) is 4.90 Å². The van der Waals surface area contributed by atoms with Gasteiger partial charge in [-0.05, 0) is 23.3 Å². The van der Waals surface area contributed by atoms with Gasteiger partial charge in [-0.3, -0.25) is 9.59 Å². The number of β-amino-alcohol motifs (C(OH)–C–C–N with tert-alkyl or cyclic N) is 1. The fourth-order valence-corrected chi connectivity index (χ4v) is 3.83. The van der Waals surface area contributed by atoms with Crippen molar-refractivity contribution in [3.8, 4) is 0 Å². The number of carbonyl (C=O) groups is 2. The summed E-state index contributed by atoms with van der Waals surface area (Å²) in [5.41, 5.74) is 1.70. The van der Waals surface area contributed by atoms with E-state index < -0.39 is 12.1 Å². The van der Waals surface area contributed by atoms with Crippen LogP contribution in [0.3, 0.4) is 0 Å². The van der Waals surface area contributed by atoms with Crippen LogP contribution in [0.2, 0.25) is 0 Å². The van der Waals surface area contributed by atoms with Crippen LogP contribution < -0.4 is 5.32 Å². The summed E-state index contributed by atoms with van der Waals surface area (Å²) in [6, 6.07) is 14.9. The number of aromatic nitrogens is 1. The first-order chi connectivity index (χ1) is 14.0. The monoisotopic (exact) mass is 393 g/mol. The first-order valence-corrected chi connectivity index (χ1v) is 9.65. The lowest BCUT2D eigenvalue weighted by molar-refractivity contribution is -0.138. The number of fused-ring (bicyclic) bond motifs is 1. The number of benzene rings is 2. The van der Waals surface area contributed by atoms with Gasteiger partial charge in [0, 0.05) is 25.6 Å². The highest BCUT2D eigenvalue weighted by Crippen LogP contribution is 2.21. The van der Waals surface area contributed by atoms with Gasteiger partial charge < -0.3 is 19.8 Å². The number of hydrogen-bond donors (Lipinski definition) is 2. The maximum Gasteiger partial charge on any atom is 0.243 e. The second-order valence-electron chi connectivity index (χ2n) is 7.42. The minimum atomic E-state index is -0.719. The van der Waals surface area contributed by atoms with Crippen molar-refractivity contribution in [2.24, 2.45) is 0 Å². The van der Waals surface area contributed by atoms with Gasteiger partial charge in [0.05, 0.1) is 18.2 Å². The highest BCUT2D eigenvalue weighted by atomic mass is 16.5. The van der Waals surface area contributed by atoms with Crippen LogP contribution in [0.25, 0.3) is 10.8 Å². The summed E-state index contributed by atoms with van der Waals surface area (Å²) in [4.78, 5) is 26.9. The van der Waals surface area contributed by atoms with E-state index in [4.69, 9.17) is 4.52 Å². The molecule has 7 nitrogen and oxygen atoms in total. The molecule has 0 saturated carbocycles. The first kappa shape index (κ1) is 19.1. The van der Waals surface area contributed by atoms with Crippen molar-refractivity contribution in [3.63, 3.8) is 0 Å². The minimum Gasteiger partial charge on any atom is -0.391 e. The third kappa shape index (κ3) is 4.14. The Morgan fingerprint density at radius 3 is 2.83 bits per heavy atom. The predicted molar refractivity (Wildman–Crippen MR) is 107 cm³/mol. The summed E-state index contributed by atoms with van der Waals surface area (Å²) in [5.74, 6) is -0.0802. The Hall–Kier alpha value is -3.19. The zero-order valence-electron chi connectivity index (χ0n) is 16.2. The Bertz CT molecular complexity index is 1040. The molecular weight excluding hydrogens is 370 g/mol. The summed E-state index contributed by atoms with van der Waals surface area (Å²) in [6.45, 7) is 2.27. The van der Waals surface area contributed by atoms with Gasteiger partial charge in [-0.2, -0.15) is 0 Å². The van der Waals surface area contributed by atoms with E-state index in [0.717, 1.165) is 16.3 Å². The lowest BCUT2D eigenvalue weighted by Crippen LogP contribution is -2.46. The highest BCUT2D eigenvalue weighted by molar-refractivity contribution is 5.90. The van der Waals surface area contributed by atoms with Crippen LogP contribution in [0, 0.1) is 6.92 Å². The molecule has 1 fully saturated rings. The third-order valence-corrected chi connectivity index (χ3v) is 5.24. The van der Waals surface area contributed by atoms with Gasteiger partial charge >= 0.3 is 0 Å². The number of likely N-dealkylation sites (tertiary alicyclic amines) is 1. The SMILES string of the molecule is Cc1cc(CC(=O)N2C[C@H](O)C[C@H]2C(=O)NCc2cccc3ccccc23)on1. The predicted octanol–water partition coefficient (Wildman–Crippen LogP) is 1.96. The number of aliphatic hydroxyl groups is 1. The van der Waals surface area contributed by atoms with E-state index in [1.807, 2.05) is 42.5 Å². The minimum absolute atomic E-state index is 0.0145. The van der Waals surface area contributed by atoms with E-state index in [2.05, 4.69) is 10.5 Å². The molecule has 0 radical (unpaired) electrons. The van der Waals surface area contributed by atoms with E-state index >= 15 is 0 Å². The maximum absolute atomic E-state index is 12.8. The van der Waals surface area contributed by atoms with Crippen molar-refractivity contribution in [2.75, 3.05) is 6.54 Å². The number of hydrogen-bond acceptors (Lipinski definition) is 5. The van der Waals surface area contributed by atoms with E-state index in [9.17, 15) is 14.7 Å². The molecule has 1 aromatic heterocycles. The van der Waals surface area contributed by atoms with Crippen LogP contribution >= 0.6 is 0 Å². The number of carbonyl (C=O) groups excluding carboxylic acids is 2. The Balaban J connectivity index is 1.44. The van der Waals surface area contributed by atoms with E-state index in [1.54, 1.807) is 13.0 Å². The molecule has 1 saturated heterocycles. The number of rotatable bonds is 5. The molecule has 0 aliphatic carbocycles. The lowest BCUT2D eigenvalue weighted by Gasteiger charge is -2.23. The van der Waals surface area contributed by atoms with Gasteiger partial charge in [-0.15, -0.1) is 0 Å². The summed E-state index contributed by atoms with van der Waals surface area (Å²) >= 11 is 0. The average Bonchev–Trinajstić information content (AvgIpc) is 3.31. The van der Waals surface area contributed by atoms with Crippen molar-refractivity contribution in [1.29, 1.82) is 0 Å². The van der Waals surface area contributed by atoms with E-state index in [-0.39, 0.29) is 31.2 Å².